The molecule has 6 atom stereocenters. The van der Waals surface area contributed by atoms with Crippen LogP contribution in [0.1, 0.15) is 64.4 Å². The smallest absolute Gasteiger partial charge is 0.407 e. The van der Waals surface area contributed by atoms with Gasteiger partial charge in [0, 0.05) is 51.3 Å². The maximum absolute atomic E-state index is 13.2. The fourth-order valence-corrected chi connectivity index (χ4v) is 6.96. The molecule has 0 saturated carbocycles. The molecule has 4 heterocycles. The van der Waals surface area contributed by atoms with Gasteiger partial charge in [-0.2, -0.15) is 0 Å². The Balaban J connectivity index is 1.25. The van der Waals surface area contributed by atoms with Crippen LogP contribution in [0.15, 0.2) is 30.3 Å². The molecule has 1 aromatic rings. The van der Waals surface area contributed by atoms with Crippen LogP contribution in [0, 0.1) is 5.92 Å². The standard InChI is InChI=1S/C32H49N3O7/c1-22(2)20-35(26-19-32(34-30(26)37)11-15-39-16-12-32)21-27(36)25(17-23-7-4-3-5-8-23)33-31(38)42-24-10-14-41-29(18-24)28-9-6-13-40-28/h3-5,7-8,22,24-29,36H,6,9-21H2,1-2H3,(H,33,38)(H,34,37)/t24?,25?,26?,27-,28?,29-/m1/s1. The number of ether oxygens (including phenoxy) is 4. The minimum atomic E-state index is -0.912. The van der Waals surface area contributed by atoms with E-state index in [1.54, 1.807) is 0 Å². The molecule has 0 radical (unpaired) electrons. The van der Waals surface area contributed by atoms with Crippen molar-refractivity contribution in [3.8, 4) is 0 Å². The third kappa shape index (κ3) is 8.23. The van der Waals surface area contributed by atoms with Crippen LogP contribution in [0.2, 0.25) is 0 Å². The molecule has 4 fully saturated rings. The second kappa shape index (κ2) is 14.5. The number of rotatable bonds is 11. The highest BCUT2D eigenvalue weighted by atomic mass is 16.6. The molecule has 1 spiro atoms. The number of carbonyl (C=O) groups excluding carboxylic acids is 2. The molecule has 0 aromatic heterocycles. The summed E-state index contributed by atoms with van der Waals surface area (Å²) in [4.78, 5) is 28.6. The molecule has 2 amide bonds. The van der Waals surface area contributed by atoms with Gasteiger partial charge in [-0.1, -0.05) is 44.2 Å². The maximum atomic E-state index is 13.2. The second-order valence-corrected chi connectivity index (χ2v) is 13.0. The minimum Gasteiger partial charge on any atom is -0.446 e. The zero-order chi connectivity index (χ0) is 29.5. The fraction of sp³-hybridized carbons (Fsp3) is 0.750. The predicted molar refractivity (Wildman–Crippen MR) is 157 cm³/mol. The number of hydrogen-bond donors (Lipinski definition) is 3. The average molecular weight is 588 g/mol. The summed E-state index contributed by atoms with van der Waals surface area (Å²) >= 11 is 0. The van der Waals surface area contributed by atoms with Crippen LogP contribution in [0.25, 0.3) is 0 Å². The molecule has 4 saturated heterocycles. The number of carbonyl (C=O) groups is 2. The third-order valence-electron chi connectivity index (χ3n) is 9.17. The zero-order valence-electron chi connectivity index (χ0n) is 25.2. The summed E-state index contributed by atoms with van der Waals surface area (Å²) < 4.78 is 23.2. The van der Waals surface area contributed by atoms with Crippen molar-refractivity contribution >= 4 is 12.0 Å². The summed E-state index contributed by atoms with van der Waals surface area (Å²) in [5.74, 6) is 0.309. The average Bonchev–Trinajstić information content (AvgIpc) is 3.62. The molecule has 234 valence electrons. The number of amides is 2. The largest absolute Gasteiger partial charge is 0.446 e. The molecule has 5 rings (SSSR count). The van der Waals surface area contributed by atoms with Crippen LogP contribution >= 0.6 is 0 Å². The number of nitrogens with zero attached hydrogens (tertiary/aromatic N) is 1. The van der Waals surface area contributed by atoms with Gasteiger partial charge in [0.1, 0.15) is 6.10 Å². The number of aliphatic hydroxyl groups excluding tert-OH is 1. The van der Waals surface area contributed by atoms with Gasteiger partial charge >= 0.3 is 6.09 Å². The van der Waals surface area contributed by atoms with E-state index >= 15 is 0 Å². The Kier molecular flexibility index (Phi) is 10.8. The molecule has 42 heavy (non-hydrogen) atoms. The SMILES string of the molecule is CC(C)CN(C[C@@H](O)C(Cc1ccccc1)NC(=O)OC1CCO[C@@H](C2CCCO2)C1)C1CC2(CCOCC2)NC1=O. The van der Waals surface area contributed by atoms with Crippen LogP contribution < -0.4 is 10.6 Å². The van der Waals surface area contributed by atoms with Gasteiger partial charge in [0.05, 0.1) is 37.0 Å². The number of alkyl carbamates (subject to hydrolysis) is 1. The predicted octanol–water partition coefficient (Wildman–Crippen LogP) is 2.81. The van der Waals surface area contributed by atoms with E-state index in [1.165, 1.54) is 0 Å². The van der Waals surface area contributed by atoms with Crippen molar-refractivity contribution in [2.24, 2.45) is 5.92 Å². The first-order valence-corrected chi connectivity index (χ1v) is 15.9. The Hall–Kier alpha value is -2.24. The Bertz CT molecular complexity index is 1010. The zero-order valence-corrected chi connectivity index (χ0v) is 25.2. The quantitative estimate of drug-likeness (QED) is 0.362. The first-order valence-electron chi connectivity index (χ1n) is 15.9. The van der Waals surface area contributed by atoms with Crippen LogP contribution in [0.4, 0.5) is 4.79 Å². The van der Waals surface area contributed by atoms with E-state index in [4.69, 9.17) is 18.9 Å². The number of aliphatic hydroxyl groups is 1. The van der Waals surface area contributed by atoms with Crippen molar-refractivity contribution in [3.05, 3.63) is 35.9 Å². The molecular weight excluding hydrogens is 538 g/mol. The van der Waals surface area contributed by atoms with Gasteiger partial charge in [-0.25, -0.2) is 4.79 Å². The summed E-state index contributed by atoms with van der Waals surface area (Å²) in [6.45, 7) is 7.73. The van der Waals surface area contributed by atoms with E-state index in [0.29, 0.717) is 58.0 Å². The molecule has 10 nitrogen and oxygen atoms in total. The van der Waals surface area contributed by atoms with Crippen molar-refractivity contribution < 1.29 is 33.6 Å². The Morgan fingerprint density at radius 2 is 1.86 bits per heavy atom. The number of nitrogens with one attached hydrogen (secondary N) is 2. The maximum Gasteiger partial charge on any atom is 0.407 e. The molecule has 4 aliphatic rings. The first kappa shape index (κ1) is 31.2. The molecule has 1 aromatic carbocycles. The van der Waals surface area contributed by atoms with Crippen molar-refractivity contribution in [2.75, 3.05) is 39.5 Å². The minimum absolute atomic E-state index is 0.0112. The molecule has 0 aliphatic carbocycles. The molecule has 3 N–H and O–H groups in total. The lowest BCUT2D eigenvalue weighted by Gasteiger charge is -2.36. The van der Waals surface area contributed by atoms with Gasteiger partial charge in [0.25, 0.3) is 0 Å². The first-order chi connectivity index (χ1) is 20.3. The Labute approximate surface area is 249 Å². The highest BCUT2D eigenvalue weighted by Crippen LogP contribution is 2.33. The van der Waals surface area contributed by atoms with E-state index in [2.05, 4.69) is 29.4 Å². The number of hydrogen-bond acceptors (Lipinski definition) is 8. The van der Waals surface area contributed by atoms with Crippen molar-refractivity contribution in [1.29, 1.82) is 0 Å². The third-order valence-corrected chi connectivity index (χ3v) is 9.17. The van der Waals surface area contributed by atoms with E-state index < -0.39 is 18.2 Å². The van der Waals surface area contributed by atoms with Gasteiger partial charge in [0.15, 0.2) is 0 Å². The molecule has 10 heteroatoms. The topological polar surface area (TPSA) is 119 Å². The molecule has 4 unspecified atom stereocenters. The second-order valence-electron chi connectivity index (χ2n) is 13.0. The van der Waals surface area contributed by atoms with Gasteiger partial charge in [-0.3, -0.25) is 9.69 Å². The van der Waals surface area contributed by atoms with Crippen molar-refractivity contribution in [2.45, 2.75) is 107 Å². The normalized spacial score (nSPS) is 29.0. The van der Waals surface area contributed by atoms with Gasteiger partial charge < -0.3 is 34.7 Å². The van der Waals surface area contributed by atoms with E-state index in [-0.39, 0.29) is 42.3 Å². The summed E-state index contributed by atoms with van der Waals surface area (Å²) in [7, 11) is 0. The summed E-state index contributed by atoms with van der Waals surface area (Å²) in [5.41, 5.74) is 0.762. The van der Waals surface area contributed by atoms with Crippen molar-refractivity contribution in [3.63, 3.8) is 0 Å². The Morgan fingerprint density at radius 3 is 2.57 bits per heavy atom. The van der Waals surface area contributed by atoms with Crippen LogP contribution in [0.3, 0.4) is 0 Å². The Morgan fingerprint density at radius 1 is 1.10 bits per heavy atom. The van der Waals surface area contributed by atoms with Crippen LogP contribution in [-0.4, -0.2) is 104 Å². The van der Waals surface area contributed by atoms with Gasteiger partial charge in [-0.15, -0.1) is 0 Å². The van der Waals surface area contributed by atoms with Gasteiger partial charge in [0.2, 0.25) is 5.91 Å². The van der Waals surface area contributed by atoms with E-state index in [1.807, 2.05) is 30.3 Å². The van der Waals surface area contributed by atoms with E-state index in [0.717, 1.165) is 37.9 Å². The fourth-order valence-electron chi connectivity index (χ4n) is 6.96. The van der Waals surface area contributed by atoms with E-state index in [9.17, 15) is 14.7 Å². The highest BCUT2D eigenvalue weighted by Gasteiger charge is 2.47. The lowest BCUT2D eigenvalue weighted by molar-refractivity contribution is -0.125. The molecule has 0 bridgehead atoms. The van der Waals surface area contributed by atoms with Crippen LogP contribution in [0.5, 0.6) is 0 Å². The summed E-state index contributed by atoms with van der Waals surface area (Å²) in [6.07, 6.45) is 4.26. The highest BCUT2D eigenvalue weighted by molar-refractivity contribution is 5.85. The molecular formula is C32H49N3O7. The van der Waals surface area contributed by atoms with Crippen LogP contribution in [-0.2, 0) is 30.2 Å². The lowest BCUT2D eigenvalue weighted by Crippen LogP contribution is -2.53. The monoisotopic (exact) mass is 587 g/mol. The molecule has 4 aliphatic heterocycles. The van der Waals surface area contributed by atoms with Gasteiger partial charge in [-0.05, 0) is 50.0 Å². The number of benzene rings is 1. The van der Waals surface area contributed by atoms with Crippen molar-refractivity contribution in [1.82, 2.24) is 15.5 Å². The summed E-state index contributed by atoms with van der Waals surface area (Å²) in [6, 6.07) is 8.90. The lowest BCUT2D eigenvalue weighted by atomic mass is 9.87. The summed E-state index contributed by atoms with van der Waals surface area (Å²) in [5, 5.41) is 17.9.